The minimum atomic E-state index is -0.892. The maximum Gasteiger partial charge on any atom is 0.342 e. The van der Waals surface area contributed by atoms with Crippen molar-refractivity contribution < 1.29 is 19.4 Å². The predicted molar refractivity (Wildman–Crippen MR) is 92.5 cm³/mol. The molecule has 1 aromatic carbocycles. The number of carboxylic acid groups (broad SMARTS) is 1. The average molecular weight is 330 g/mol. The largest absolute Gasteiger partial charge is 0.481 e. The van der Waals surface area contributed by atoms with Crippen molar-refractivity contribution in [1.82, 2.24) is 4.98 Å². The van der Waals surface area contributed by atoms with E-state index in [1.807, 2.05) is 31.2 Å². The summed E-state index contributed by atoms with van der Waals surface area (Å²) in [7, 11) is 1.73. The number of pyridine rings is 1. The minimum absolute atomic E-state index is 0.243. The topological polar surface area (TPSA) is 79.7 Å². The number of carbonyl (C=O) groups is 2. The van der Waals surface area contributed by atoms with E-state index in [2.05, 4.69) is 4.98 Å². The third kappa shape index (κ3) is 3.48. The zero-order valence-electron chi connectivity index (χ0n) is 14.4. The molecule has 0 saturated carbocycles. The summed E-state index contributed by atoms with van der Waals surface area (Å²) in [5.41, 5.74) is 1.92. The number of para-hydroxylation sites is 1. The smallest absolute Gasteiger partial charge is 0.342 e. The first-order valence-electron chi connectivity index (χ1n) is 7.87. The van der Waals surface area contributed by atoms with Crippen molar-refractivity contribution in [1.29, 1.82) is 0 Å². The molecule has 0 fully saturated rings. The molecule has 6 heteroatoms. The first kappa shape index (κ1) is 17.7. The van der Waals surface area contributed by atoms with Crippen LogP contribution in [0.15, 0.2) is 24.3 Å². The van der Waals surface area contributed by atoms with E-state index in [1.165, 1.54) is 0 Å². The van der Waals surface area contributed by atoms with Crippen LogP contribution in [0.25, 0.3) is 10.9 Å². The number of carboxylic acids is 1. The molecule has 1 N–H and O–H groups in total. The Morgan fingerprint density at radius 3 is 2.62 bits per heavy atom. The molecule has 0 amide bonds. The van der Waals surface area contributed by atoms with Gasteiger partial charge in [0, 0.05) is 19.0 Å². The number of carbonyl (C=O) groups excluding carboxylic acids is 1. The number of aryl methyl sites for hydroxylation is 1. The highest BCUT2D eigenvalue weighted by atomic mass is 16.5. The number of benzene rings is 1. The van der Waals surface area contributed by atoms with Gasteiger partial charge in [0.2, 0.25) is 0 Å². The lowest BCUT2D eigenvalue weighted by Crippen LogP contribution is -2.30. The van der Waals surface area contributed by atoms with E-state index in [-0.39, 0.29) is 13.2 Å². The molecule has 6 nitrogen and oxygen atoms in total. The molecule has 0 saturated heterocycles. The second-order valence-corrected chi connectivity index (χ2v) is 5.79. The van der Waals surface area contributed by atoms with Gasteiger partial charge in [-0.3, -0.25) is 4.79 Å². The van der Waals surface area contributed by atoms with Gasteiger partial charge in [0.05, 0.1) is 18.0 Å². The first-order valence-corrected chi connectivity index (χ1v) is 7.87. The molecule has 24 heavy (non-hydrogen) atoms. The van der Waals surface area contributed by atoms with Crippen LogP contribution in [0.5, 0.6) is 0 Å². The van der Waals surface area contributed by atoms with Crippen molar-refractivity contribution >= 4 is 28.7 Å². The molecule has 1 atom stereocenters. The van der Waals surface area contributed by atoms with Crippen LogP contribution in [0.2, 0.25) is 0 Å². The zero-order chi connectivity index (χ0) is 17.9. The van der Waals surface area contributed by atoms with E-state index < -0.39 is 17.9 Å². The molecule has 0 radical (unpaired) electrons. The molecule has 2 aromatic rings. The van der Waals surface area contributed by atoms with E-state index in [1.54, 1.807) is 25.8 Å². The number of fused-ring (bicyclic) bond motifs is 1. The number of aromatic nitrogens is 1. The molecule has 1 unspecified atom stereocenters. The van der Waals surface area contributed by atoms with Crippen LogP contribution in [0.3, 0.4) is 0 Å². The van der Waals surface area contributed by atoms with Gasteiger partial charge in [0.25, 0.3) is 0 Å². The summed E-state index contributed by atoms with van der Waals surface area (Å²) in [6, 6.07) is 7.55. The Bertz CT molecular complexity index is 773. The van der Waals surface area contributed by atoms with Gasteiger partial charge in [-0.2, -0.15) is 0 Å². The standard InChI is InChI=1S/C18H22N2O4/c1-5-24-18(23)15-12(3)13-8-6-7-9-14(13)19-16(15)20(4)10-11(2)17(21)22/h6-9,11H,5,10H2,1-4H3,(H,21,22). The molecule has 0 spiro atoms. The Morgan fingerprint density at radius 1 is 1.33 bits per heavy atom. The fourth-order valence-corrected chi connectivity index (χ4v) is 2.66. The second kappa shape index (κ2) is 7.29. The molecule has 1 heterocycles. The number of hydrogen-bond acceptors (Lipinski definition) is 5. The Hall–Kier alpha value is -2.63. The fourth-order valence-electron chi connectivity index (χ4n) is 2.66. The average Bonchev–Trinajstić information content (AvgIpc) is 2.54. The third-order valence-electron chi connectivity index (χ3n) is 3.94. The van der Waals surface area contributed by atoms with Crippen LogP contribution in [0.1, 0.15) is 29.8 Å². The van der Waals surface area contributed by atoms with Crippen molar-refractivity contribution in [3.8, 4) is 0 Å². The van der Waals surface area contributed by atoms with E-state index in [0.717, 1.165) is 16.5 Å². The van der Waals surface area contributed by atoms with Crippen LogP contribution >= 0.6 is 0 Å². The number of anilines is 1. The minimum Gasteiger partial charge on any atom is -0.481 e. The second-order valence-electron chi connectivity index (χ2n) is 5.79. The van der Waals surface area contributed by atoms with Gasteiger partial charge in [0.1, 0.15) is 11.4 Å². The molecule has 128 valence electrons. The van der Waals surface area contributed by atoms with Crippen LogP contribution in [0.4, 0.5) is 5.82 Å². The summed E-state index contributed by atoms with van der Waals surface area (Å²) < 4.78 is 5.18. The lowest BCUT2D eigenvalue weighted by molar-refractivity contribution is -0.140. The summed E-state index contributed by atoms with van der Waals surface area (Å²) in [5, 5.41) is 10.0. The summed E-state index contributed by atoms with van der Waals surface area (Å²) in [4.78, 5) is 29.9. The number of nitrogens with zero attached hydrogens (tertiary/aromatic N) is 2. The number of esters is 1. The van der Waals surface area contributed by atoms with E-state index >= 15 is 0 Å². The lowest BCUT2D eigenvalue weighted by Gasteiger charge is -2.24. The van der Waals surface area contributed by atoms with E-state index in [9.17, 15) is 9.59 Å². The monoisotopic (exact) mass is 330 g/mol. The molecule has 0 aliphatic carbocycles. The summed E-state index contributed by atoms with van der Waals surface area (Å²) >= 11 is 0. The highest BCUT2D eigenvalue weighted by molar-refractivity contribution is 6.02. The molecule has 0 aliphatic heterocycles. The molecule has 1 aromatic heterocycles. The zero-order valence-corrected chi connectivity index (χ0v) is 14.4. The van der Waals surface area contributed by atoms with Crippen molar-refractivity contribution in [3.05, 3.63) is 35.4 Å². The van der Waals surface area contributed by atoms with Gasteiger partial charge in [0.15, 0.2) is 0 Å². The van der Waals surface area contributed by atoms with Gasteiger partial charge in [-0.1, -0.05) is 25.1 Å². The van der Waals surface area contributed by atoms with Crippen molar-refractivity contribution in [2.24, 2.45) is 5.92 Å². The Labute approximate surface area is 141 Å². The molecular weight excluding hydrogens is 308 g/mol. The maximum atomic E-state index is 12.4. The lowest BCUT2D eigenvalue weighted by atomic mass is 10.0. The van der Waals surface area contributed by atoms with E-state index in [0.29, 0.717) is 11.4 Å². The van der Waals surface area contributed by atoms with Crippen LogP contribution < -0.4 is 4.90 Å². The Morgan fingerprint density at radius 2 is 2.00 bits per heavy atom. The number of hydrogen-bond donors (Lipinski definition) is 1. The summed E-state index contributed by atoms with van der Waals surface area (Å²) in [5.74, 6) is -1.48. The third-order valence-corrected chi connectivity index (χ3v) is 3.94. The first-order chi connectivity index (χ1) is 11.4. The van der Waals surface area contributed by atoms with Gasteiger partial charge in [-0.15, -0.1) is 0 Å². The number of ether oxygens (including phenoxy) is 1. The SMILES string of the molecule is CCOC(=O)c1c(N(C)CC(C)C(=O)O)nc2ccccc2c1C. The number of rotatable bonds is 6. The maximum absolute atomic E-state index is 12.4. The predicted octanol–water partition coefficient (Wildman–Crippen LogP) is 2.88. The fraction of sp³-hybridized carbons (Fsp3) is 0.389. The Kier molecular flexibility index (Phi) is 5.39. The van der Waals surface area contributed by atoms with E-state index in [4.69, 9.17) is 9.84 Å². The normalized spacial score (nSPS) is 12.0. The van der Waals surface area contributed by atoms with Crippen LogP contribution in [0, 0.1) is 12.8 Å². The van der Waals surface area contributed by atoms with Gasteiger partial charge >= 0.3 is 11.9 Å². The van der Waals surface area contributed by atoms with Crippen LogP contribution in [-0.4, -0.2) is 42.2 Å². The Balaban J connectivity index is 2.59. The molecule has 0 bridgehead atoms. The highest BCUT2D eigenvalue weighted by Crippen LogP contribution is 2.29. The molecular formula is C18H22N2O4. The van der Waals surface area contributed by atoms with Crippen molar-refractivity contribution in [3.63, 3.8) is 0 Å². The van der Waals surface area contributed by atoms with Crippen LogP contribution in [-0.2, 0) is 9.53 Å². The summed E-state index contributed by atoms with van der Waals surface area (Å²) in [6.45, 7) is 5.73. The number of aliphatic carboxylic acids is 1. The van der Waals surface area contributed by atoms with Crippen molar-refractivity contribution in [2.45, 2.75) is 20.8 Å². The summed E-state index contributed by atoms with van der Waals surface area (Å²) in [6.07, 6.45) is 0. The van der Waals surface area contributed by atoms with Crippen molar-refractivity contribution in [2.75, 3.05) is 25.1 Å². The molecule has 2 rings (SSSR count). The van der Waals surface area contributed by atoms with Gasteiger partial charge in [-0.05, 0) is 25.5 Å². The quantitative estimate of drug-likeness (QED) is 0.820. The highest BCUT2D eigenvalue weighted by Gasteiger charge is 2.24. The van der Waals surface area contributed by atoms with Gasteiger partial charge in [-0.25, -0.2) is 9.78 Å². The molecule has 0 aliphatic rings. The van der Waals surface area contributed by atoms with Gasteiger partial charge < -0.3 is 14.7 Å².